The number of rotatable bonds is 3. The summed E-state index contributed by atoms with van der Waals surface area (Å²) in [7, 11) is 0. The van der Waals surface area contributed by atoms with Crippen LogP contribution in [0.5, 0.6) is 0 Å². The summed E-state index contributed by atoms with van der Waals surface area (Å²) >= 11 is 0. The van der Waals surface area contributed by atoms with Gasteiger partial charge in [0.2, 0.25) is 5.91 Å². The molecule has 0 atom stereocenters. The van der Waals surface area contributed by atoms with Gasteiger partial charge in [-0.05, 0) is 36.8 Å². The van der Waals surface area contributed by atoms with Gasteiger partial charge in [-0.1, -0.05) is 37.1 Å². The van der Waals surface area contributed by atoms with Crippen LogP contribution in [-0.4, -0.2) is 22.5 Å². The first-order valence-electron chi connectivity index (χ1n) is 7.23. The van der Waals surface area contributed by atoms with E-state index in [4.69, 9.17) is 0 Å². The van der Waals surface area contributed by atoms with Gasteiger partial charge >= 0.3 is 5.97 Å². The number of nitrogens with one attached hydrogen (secondary N) is 1. The first-order valence-corrected chi connectivity index (χ1v) is 7.23. The van der Waals surface area contributed by atoms with Crippen LogP contribution in [0.3, 0.4) is 0 Å². The molecule has 0 aliphatic heterocycles. The van der Waals surface area contributed by atoms with E-state index < -0.39 is 11.5 Å². The van der Waals surface area contributed by atoms with Crippen molar-refractivity contribution in [3.63, 3.8) is 0 Å². The number of fused-ring (bicyclic) bond motifs is 1. The minimum Gasteiger partial charge on any atom is -0.480 e. The van der Waals surface area contributed by atoms with Crippen molar-refractivity contribution in [1.29, 1.82) is 0 Å². The number of aliphatic carboxylic acids is 1. The Hall–Kier alpha value is -1.84. The van der Waals surface area contributed by atoms with Crippen molar-refractivity contribution < 1.29 is 14.7 Å². The summed E-state index contributed by atoms with van der Waals surface area (Å²) in [5.41, 5.74) is 1.40. The number of amides is 1. The second-order valence-corrected chi connectivity index (χ2v) is 5.96. The molecule has 1 aromatic carbocycles. The Morgan fingerprint density at radius 2 is 1.65 bits per heavy atom. The monoisotopic (exact) mass is 273 g/mol. The van der Waals surface area contributed by atoms with E-state index in [1.165, 1.54) is 11.1 Å². The van der Waals surface area contributed by atoms with Crippen LogP contribution in [0.15, 0.2) is 24.3 Å². The standard InChI is InChI=1S/C16H19NO3/c18-14(17-16(15(19)20)7-3-4-8-16)13-9-11-5-1-2-6-12(11)10-13/h1-2,5-6,13H,3-4,7-10H2,(H,17,18)(H,19,20). The molecule has 1 aromatic rings. The summed E-state index contributed by atoms with van der Waals surface area (Å²) in [4.78, 5) is 23.9. The minimum absolute atomic E-state index is 0.106. The predicted molar refractivity (Wildman–Crippen MR) is 74.3 cm³/mol. The van der Waals surface area contributed by atoms with E-state index in [2.05, 4.69) is 5.32 Å². The smallest absolute Gasteiger partial charge is 0.329 e. The maximum atomic E-state index is 12.4. The second-order valence-electron chi connectivity index (χ2n) is 5.96. The maximum absolute atomic E-state index is 12.4. The number of carboxylic acids is 1. The molecule has 2 aliphatic carbocycles. The topological polar surface area (TPSA) is 66.4 Å². The number of carbonyl (C=O) groups is 2. The molecular weight excluding hydrogens is 254 g/mol. The molecule has 0 heterocycles. The lowest BCUT2D eigenvalue weighted by atomic mass is 9.95. The molecule has 4 nitrogen and oxygen atoms in total. The van der Waals surface area contributed by atoms with Crippen LogP contribution in [0, 0.1) is 5.92 Å². The fraction of sp³-hybridized carbons (Fsp3) is 0.500. The van der Waals surface area contributed by atoms with Gasteiger partial charge in [0.25, 0.3) is 0 Å². The number of benzene rings is 1. The van der Waals surface area contributed by atoms with Crippen LogP contribution in [0.1, 0.15) is 36.8 Å². The molecule has 0 radical (unpaired) electrons. The zero-order valence-electron chi connectivity index (χ0n) is 11.4. The van der Waals surface area contributed by atoms with Gasteiger partial charge in [-0.2, -0.15) is 0 Å². The highest BCUT2D eigenvalue weighted by Gasteiger charge is 2.44. The molecule has 3 rings (SSSR count). The summed E-state index contributed by atoms with van der Waals surface area (Å²) in [5.74, 6) is -1.12. The zero-order chi connectivity index (χ0) is 14.2. The molecule has 106 valence electrons. The first kappa shape index (κ1) is 13.2. The fourth-order valence-corrected chi connectivity index (χ4v) is 3.45. The van der Waals surface area contributed by atoms with Crippen molar-refractivity contribution in [3.8, 4) is 0 Å². The molecule has 0 saturated heterocycles. The Labute approximate surface area is 118 Å². The number of carboxylic acid groups (broad SMARTS) is 1. The molecule has 1 saturated carbocycles. The Bertz CT molecular complexity index is 521. The molecular formula is C16H19NO3. The van der Waals surface area contributed by atoms with E-state index in [0.717, 1.165) is 25.7 Å². The van der Waals surface area contributed by atoms with Gasteiger partial charge in [0.15, 0.2) is 0 Å². The summed E-state index contributed by atoms with van der Waals surface area (Å²) in [6.07, 6.45) is 4.28. The molecule has 0 unspecified atom stereocenters. The number of hydrogen-bond acceptors (Lipinski definition) is 2. The largest absolute Gasteiger partial charge is 0.480 e. The molecule has 2 aliphatic rings. The molecule has 0 bridgehead atoms. The highest BCUT2D eigenvalue weighted by molar-refractivity contribution is 5.89. The fourth-order valence-electron chi connectivity index (χ4n) is 3.45. The summed E-state index contributed by atoms with van der Waals surface area (Å²) in [6, 6.07) is 8.06. The van der Waals surface area contributed by atoms with Gasteiger partial charge in [-0.15, -0.1) is 0 Å². The Balaban J connectivity index is 1.71. The van der Waals surface area contributed by atoms with Gasteiger partial charge in [0, 0.05) is 5.92 Å². The summed E-state index contributed by atoms with van der Waals surface area (Å²) in [5, 5.41) is 12.2. The highest BCUT2D eigenvalue weighted by atomic mass is 16.4. The van der Waals surface area contributed by atoms with Crippen molar-refractivity contribution in [1.82, 2.24) is 5.32 Å². The third-order valence-corrected chi connectivity index (χ3v) is 4.65. The van der Waals surface area contributed by atoms with Crippen LogP contribution in [-0.2, 0) is 22.4 Å². The zero-order valence-corrected chi connectivity index (χ0v) is 11.4. The number of hydrogen-bond donors (Lipinski definition) is 2. The second kappa shape index (κ2) is 4.93. The van der Waals surface area contributed by atoms with Crippen molar-refractivity contribution in [2.75, 3.05) is 0 Å². The van der Waals surface area contributed by atoms with E-state index in [1.807, 2.05) is 24.3 Å². The predicted octanol–water partition coefficient (Wildman–Crippen LogP) is 1.91. The molecule has 1 amide bonds. The Morgan fingerprint density at radius 3 is 2.15 bits per heavy atom. The SMILES string of the molecule is O=C(NC1(C(=O)O)CCCC1)C1Cc2ccccc2C1. The molecule has 2 N–H and O–H groups in total. The van der Waals surface area contributed by atoms with Gasteiger partial charge in [-0.25, -0.2) is 4.79 Å². The van der Waals surface area contributed by atoms with Crippen molar-refractivity contribution in [3.05, 3.63) is 35.4 Å². The normalized spacial score (nSPS) is 20.6. The van der Waals surface area contributed by atoms with Crippen LogP contribution >= 0.6 is 0 Å². The van der Waals surface area contributed by atoms with E-state index in [0.29, 0.717) is 12.8 Å². The van der Waals surface area contributed by atoms with E-state index >= 15 is 0 Å². The number of carbonyl (C=O) groups excluding carboxylic acids is 1. The quantitative estimate of drug-likeness (QED) is 0.884. The highest BCUT2D eigenvalue weighted by Crippen LogP contribution is 2.32. The Kier molecular flexibility index (Phi) is 3.24. The van der Waals surface area contributed by atoms with Crippen LogP contribution in [0.2, 0.25) is 0 Å². The average molecular weight is 273 g/mol. The van der Waals surface area contributed by atoms with Crippen molar-refractivity contribution >= 4 is 11.9 Å². The summed E-state index contributed by atoms with van der Waals surface area (Å²) < 4.78 is 0. The molecule has 20 heavy (non-hydrogen) atoms. The lowest BCUT2D eigenvalue weighted by Gasteiger charge is -2.27. The molecule has 4 heteroatoms. The van der Waals surface area contributed by atoms with Crippen molar-refractivity contribution in [2.24, 2.45) is 5.92 Å². The molecule has 1 fully saturated rings. The van der Waals surface area contributed by atoms with Gasteiger partial charge in [-0.3, -0.25) is 4.79 Å². The molecule has 0 aromatic heterocycles. The van der Waals surface area contributed by atoms with Crippen LogP contribution in [0.4, 0.5) is 0 Å². The maximum Gasteiger partial charge on any atom is 0.329 e. The average Bonchev–Trinajstić information content (AvgIpc) is 3.05. The van der Waals surface area contributed by atoms with E-state index in [9.17, 15) is 14.7 Å². The molecule has 0 spiro atoms. The third kappa shape index (κ3) is 2.19. The summed E-state index contributed by atoms with van der Waals surface area (Å²) in [6.45, 7) is 0. The first-order chi connectivity index (χ1) is 9.61. The Morgan fingerprint density at radius 1 is 1.10 bits per heavy atom. The van der Waals surface area contributed by atoms with Crippen molar-refractivity contribution in [2.45, 2.75) is 44.1 Å². The van der Waals surface area contributed by atoms with Crippen LogP contribution in [0.25, 0.3) is 0 Å². The van der Waals surface area contributed by atoms with Gasteiger partial charge < -0.3 is 10.4 Å². The van der Waals surface area contributed by atoms with E-state index in [1.54, 1.807) is 0 Å². The minimum atomic E-state index is -1.02. The lowest BCUT2D eigenvalue weighted by molar-refractivity contribution is -0.148. The van der Waals surface area contributed by atoms with Gasteiger partial charge in [0.05, 0.1) is 0 Å². The lowest BCUT2D eigenvalue weighted by Crippen LogP contribution is -2.54. The van der Waals surface area contributed by atoms with Crippen LogP contribution < -0.4 is 5.32 Å². The van der Waals surface area contributed by atoms with Gasteiger partial charge in [0.1, 0.15) is 5.54 Å². The third-order valence-electron chi connectivity index (χ3n) is 4.65. The van der Waals surface area contributed by atoms with E-state index in [-0.39, 0.29) is 11.8 Å².